The molecule has 0 aliphatic rings. The molecule has 1 aromatic heterocycles. The fraction of sp³-hybridized carbons (Fsp3) is 0.571. The van der Waals surface area contributed by atoms with E-state index in [1.807, 2.05) is 12.1 Å². The van der Waals surface area contributed by atoms with Crippen molar-refractivity contribution >= 4 is 11.7 Å². The maximum absolute atomic E-state index is 4.40. The van der Waals surface area contributed by atoms with Gasteiger partial charge in [-0.15, -0.1) is 0 Å². The Kier molecular flexibility index (Phi) is 4.19. The van der Waals surface area contributed by atoms with Gasteiger partial charge in [0.1, 0.15) is 0 Å². The van der Waals surface area contributed by atoms with Crippen LogP contribution >= 0.6 is 0 Å². The van der Waals surface area contributed by atoms with Gasteiger partial charge >= 0.3 is 0 Å². The highest BCUT2D eigenvalue weighted by Gasteiger charge is 2.24. The number of nitrogens with zero attached hydrogens (tertiary/aromatic N) is 3. The smallest absolute Gasteiger partial charge is 0.0954 e. The largest absolute Gasteiger partial charge is 0.265 e. The van der Waals surface area contributed by atoms with E-state index in [-0.39, 0.29) is 11.0 Å². The zero-order chi connectivity index (χ0) is 12.9. The normalized spacial score (nSPS) is 11.8. The van der Waals surface area contributed by atoms with Gasteiger partial charge in [-0.2, -0.15) is 4.99 Å². The lowest BCUT2D eigenvalue weighted by Gasteiger charge is -2.27. The first kappa shape index (κ1) is 13.6. The monoisotopic (exact) mass is 231 g/mol. The van der Waals surface area contributed by atoms with Gasteiger partial charge in [-0.1, -0.05) is 20.8 Å². The van der Waals surface area contributed by atoms with E-state index >= 15 is 0 Å². The first-order valence-corrected chi connectivity index (χ1v) is 5.86. The van der Waals surface area contributed by atoms with Crippen molar-refractivity contribution in [2.45, 2.75) is 46.6 Å². The molecule has 17 heavy (non-hydrogen) atoms. The molecule has 0 amide bonds. The van der Waals surface area contributed by atoms with E-state index in [1.54, 1.807) is 12.4 Å². The fourth-order valence-electron chi connectivity index (χ4n) is 1.97. The molecule has 0 aromatic carbocycles. The quantitative estimate of drug-likeness (QED) is 0.721. The van der Waals surface area contributed by atoms with Gasteiger partial charge in [0.05, 0.1) is 17.2 Å². The van der Waals surface area contributed by atoms with E-state index in [0.717, 1.165) is 12.1 Å². The maximum Gasteiger partial charge on any atom is 0.0954 e. The summed E-state index contributed by atoms with van der Waals surface area (Å²) in [4.78, 5) is 12.5. The van der Waals surface area contributed by atoms with Crippen molar-refractivity contribution in [1.29, 1.82) is 0 Å². The lowest BCUT2D eigenvalue weighted by Crippen LogP contribution is -2.24. The van der Waals surface area contributed by atoms with Gasteiger partial charge in [-0.05, 0) is 37.8 Å². The number of aliphatic imine (C=N–C) groups is 2. The van der Waals surface area contributed by atoms with E-state index in [2.05, 4.69) is 55.6 Å². The third-order valence-electron chi connectivity index (χ3n) is 2.16. The topological polar surface area (TPSA) is 37.6 Å². The summed E-state index contributed by atoms with van der Waals surface area (Å²) in [6.45, 7) is 10.8. The van der Waals surface area contributed by atoms with Gasteiger partial charge in [-0.25, -0.2) is 4.99 Å². The lowest BCUT2D eigenvalue weighted by atomic mass is 9.82. The Morgan fingerprint density at radius 2 is 1.71 bits per heavy atom. The van der Waals surface area contributed by atoms with Gasteiger partial charge in [0.2, 0.25) is 0 Å². The molecule has 0 radical (unpaired) electrons. The maximum atomic E-state index is 4.40. The molecular weight excluding hydrogens is 210 g/mol. The van der Waals surface area contributed by atoms with Crippen molar-refractivity contribution in [1.82, 2.24) is 4.98 Å². The molecule has 0 spiro atoms. The standard InChI is InChI=1S/C14H21N3/c1-13(2,3)10-14(4,5)17-11-16-12-6-8-15-9-7-12/h6-9H,10H2,1-5H3. The number of hydrogen-bond acceptors (Lipinski definition) is 3. The van der Waals surface area contributed by atoms with Crippen molar-refractivity contribution in [2.24, 2.45) is 15.4 Å². The lowest BCUT2D eigenvalue weighted by molar-refractivity contribution is 0.289. The number of pyridine rings is 1. The first-order chi connectivity index (χ1) is 7.79. The highest BCUT2D eigenvalue weighted by Crippen LogP contribution is 2.29. The van der Waals surface area contributed by atoms with Crippen molar-refractivity contribution in [3.8, 4) is 0 Å². The highest BCUT2D eigenvalue weighted by atomic mass is 14.9. The minimum absolute atomic E-state index is 0.130. The molecule has 0 unspecified atom stereocenters. The van der Waals surface area contributed by atoms with E-state index in [1.165, 1.54) is 0 Å². The summed E-state index contributed by atoms with van der Waals surface area (Å²) in [7, 11) is 0. The molecule has 3 nitrogen and oxygen atoms in total. The molecule has 92 valence electrons. The minimum Gasteiger partial charge on any atom is -0.265 e. The van der Waals surface area contributed by atoms with Crippen LogP contribution in [-0.4, -0.2) is 16.5 Å². The molecule has 1 aromatic rings. The Balaban J connectivity index is 2.73. The van der Waals surface area contributed by atoms with E-state index in [9.17, 15) is 0 Å². The van der Waals surface area contributed by atoms with Gasteiger partial charge in [0, 0.05) is 12.4 Å². The predicted octanol–water partition coefficient (Wildman–Crippen LogP) is 4.10. The molecule has 0 fully saturated rings. The van der Waals surface area contributed by atoms with Crippen LogP contribution in [0.1, 0.15) is 41.0 Å². The second-order valence-corrected chi connectivity index (χ2v) is 6.08. The second kappa shape index (κ2) is 5.24. The summed E-state index contributed by atoms with van der Waals surface area (Å²) >= 11 is 0. The van der Waals surface area contributed by atoms with Crippen LogP contribution in [0.2, 0.25) is 0 Å². The summed E-state index contributed by atoms with van der Waals surface area (Å²) < 4.78 is 0. The zero-order valence-corrected chi connectivity index (χ0v) is 11.4. The number of rotatable bonds is 3. The van der Waals surface area contributed by atoms with Crippen molar-refractivity contribution in [3.63, 3.8) is 0 Å². The molecule has 1 heterocycles. The van der Waals surface area contributed by atoms with Crippen LogP contribution < -0.4 is 0 Å². The fourth-order valence-corrected chi connectivity index (χ4v) is 1.97. The molecule has 0 N–H and O–H groups in total. The average Bonchev–Trinajstić information content (AvgIpc) is 2.15. The summed E-state index contributed by atoms with van der Waals surface area (Å²) in [5.41, 5.74) is 0.954. The molecule has 0 aliphatic heterocycles. The Morgan fingerprint density at radius 3 is 2.24 bits per heavy atom. The highest BCUT2D eigenvalue weighted by molar-refractivity contribution is 5.52. The molecule has 0 saturated heterocycles. The third-order valence-corrected chi connectivity index (χ3v) is 2.16. The Labute approximate surface area is 104 Å². The molecule has 0 bridgehead atoms. The van der Waals surface area contributed by atoms with Crippen LogP contribution in [0.3, 0.4) is 0 Å². The van der Waals surface area contributed by atoms with Gasteiger partial charge < -0.3 is 0 Å². The van der Waals surface area contributed by atoms with Crippen LogP contribution in [0.25, 0.3) is 0 Å². The Hall–Kier alpha value is -1.47. The van der Waals surface area contributed by atoms with Gasteiger partial charge in [0.15, 0.2) is 0 Å². The van der Waals surface area contributed by atoms with Crippen LogP contribution in [0.15, 0.2) is 34.5 Å². The van der Waals surface area contributed by atoms with Crippen LogP contribution in [0.4, 0.5) is 5.69 Å². The van der Waals surface area contributed by atoms with E-state index in [0.29, 0.717) is 0 Å². The van der Waals surface area contributed by atoms with Crippen LogP contribution in [0.5, 0.6) is 0 Å². The molecule has 0 atom stereocenters. The molecule has 1 rings (SSSR count). The Morgan fingerprint density at radius 1 is 1.12 bits per heavy atom. The zero-order valence-electron chi connectivity index (χ0n) is 11.4. The third kappa shape index (κ3) is 5.98. The van der Waals surface area contributed by atoms with Gasteiger partial charge in [0.25, 0.3) is 0 Å². The molecule has 0 saturated carbocycles. The minimum atomic E-state index is -0.130. The SMILES string of the molecule is CC(C)(C)CC(C)(C)N=C=Nc1ccncc1. The molecular formula is C14H21N3. The van der Waals surface area contributed by atoms with Crippen molar-refractivity contribution in [2.75, 3.05) is 0 Å². The molecule has 0 aliphatic carbocycles. The average molecular weight is 231 g/mol. The Bertz CT molecular complexity index is 407. The summed E-state index contributed by atoms with van der Waals surface area (Å²) in [5, 5.41) is 0. The number of aromatic nitrogens is 1. The summed E-state index contributed by atoms with van der Waals surface area (Å²) in [6, 6.07) is 6.45. The number of hydrogen-bond donors (Lipinski definition) is 0. The first-order valence-electron chi connectivity index (χ1n) is 5.86. The van der Waals surface area contributed by atoms with Crippen molar-refractivity contribution in [3.05, 3.63) is 24.5 Å². The van der Waals surface area contributed by atoms with Crippen molar-refractivity contribution < 1.29 is 0 Å². The summed E-state index contributed by atoms with van der Waals surface area (Å²) in [6.07, 6.45) is 4.42. The van der Waals surface area contributed by atoms with Crippen LogP contribution in [-0.2, 0) is 0 Å². The predicted molar refractivity (Wildman–Crippen MR) is 71.9 cm³/mol. The van der Waals surface area contributed by atoms with Gasteiger partial charge in [-0.3, -0.25) is 4.98 Å². The molecule has 3 heteroatoms. The second-order valence-electron chi connectivity index (χ2n) is 6.08. The summed E-state index contributed by atoms with van der Waals surface area (Å²) in [5.74, 6) is 0. The van der Waals surface area contributed by atoms with E-state index < -0.39 is 0 Å². The van der Waals surface area contributed by atoms with Crippen LogP contribution in [0, 0.1) is 5.41 Å². The van der Waals surface area contributed by atoms with E-state index in [4.69, 9.17) is 0 Å².